The Morgan fingerprint density at radius 2 is 1.89 bits per heavy atom. The molecule has 2 amide bonds. The summed E-state index contributed by atoms with van der Waals surface area (Å²) in [5.74, 6) is -0.101. The van der Waals surface area contributed by atoms with E-state index in [2.05, 4.69) is 9.72 Å². The van der Waals surface area contributed by atoms with Crippen LogP contribution < -0.4 is 5.73 Å². The van der Waals surface area contributed by atoms with Crippen LogP contribution in [0.3, 0.4) is 0 Å². The first kappa shape index (κ1) is 12.3. The maximum atomic E-state index is 12.1. The SMILES string of the molecule is COC(=O)N1CCN(C(=O)c2cc(N)c[nH]2)CC1. The summed E-state index contributed by atoms with van der Waals surface area (Å²) in [5, 5.41) is 0. The summed E-state index contributed by atoms with van der Waals surface area (Å²) in [6, 6.07) is 1.61. The number of ether oxygens (including phenoxy) is 1. The predicted molar refractivity (Wildman–Crippen MR) is 65.1 cm³/mol. The second kappa shape index (κ2) is 4.99. The summed E-state index contributed by atoms with van der Waals surface area (Å²) in [4.78, 5) is 29.4. The molecule has 2 heterocycles. The number of nitrogens with zero attached hydrogens (tertiary/aromatic N) is 2. The summed E-state index contributed by atoms with van der Waals surface area (Å²) in [6.45, 7) is 1.95. The van der Waals surface area contributed by atoms with Crippen LogP contribution in [0.4, 0.5) is 10.5 Å². The number of nitrogens with one attached hydrogen (secondary N) is 1. The van der Waals surface area contributed by atoms with Crippen LogP contribution in [0.2, 0.25) is 0 Å². The molecule has 1 aromatic rings. The van der Waals surface area contributed by atoms with Crippen LogP contribution in [-0.2, 0) is 4.74 Å². The molecule has 0 unspecified atom stereocenters. The second-order valence-corrected chi connectivity index (χ2v) is 4.10. The third-order valence-corrected chi connectivity index (χ3v) is 2.94. The lowest BCUT2D eigenvalue weighted by atomic mass is 10.3. The van der Waals surface area contributed by atoms with Gasteiger partial charge in [-0.2, -0.15) is 0 Å². The fraction of sp³-hybridized carbons (Fsp3) is 0.455. The molecule has 0 atom stereocenters. The Bertz CT molecular complexity index is 449. The van der Waals surface area contributed by atoms with Crippen molar-refractivity contribution in [3.05, 3.63) is 18.0 Å². The van der Waals surface area contributed by atoms with Crippen molar-refractivity contribution in [3.63, 3.8) is 0 Å². The number of aromatic nitrogens is 1. The number of methoxy groups -OCH3 is 1. The molecule has 2 rings (SSSR count). The number of carbonyl (C=O) groups excluding carboxylic acids is 2. The van der Waals surface area contributed by atoms with Gasteiger partial charge >= 0.3 is 6.09 Å². The molecule has 0 aliphatic carbocycles. The van der Waals surface area contributed by atoms with E-state index in [9.17, 15) is 9.59 Å². The highest BCUT2D eigenvalue weighted by Crippen LogP contribution is 2.11. The molecule has 1 aliphatic heterocycles. The van der Waals surface area contributed by atoms with Gasteiger partial charge in [0.1, 0.15) is 5.69 Å². The normalized spacial score (nSPS) is 15.6. The van der Waals surface area contributed by atoms with Gasteiger partial charge in [-0.25, -0.2) is 4.79 Å². The van der Waals surface area contributed by atoms with Gasteiger partial charge in [-0.15, -0.1) is 0 Å². The van der Waals surface area contributed by atoms with Crippen molar-refractivity contribution >= 4 is 17.7 Å². The number of piperazine rings is 1. The van der Waals surface area contributed by atoms with Crippen LogP contribution in [0.1, 0.15) is 10.5 Å². The molecule has 18 heavy (non-hydrogen) atoms. The highest BCUT2D eigenvalue weighted by atomic mass is 16.5. The van der Waals surface area contributed by atoms with Crippen molar-refractivity contribution in [2.24, 2.45) is 0 Å². The Morgan fingerprint density at radius 3 is 2.39 bits per heavy atom. The van der Waals surface area contributed by atoms with Gasteiger partial charge in [0.25, 0.3) is 5.91 Å². The minimum atomic E-state index is -0.355. The van der Waals surface area contributed by atoms with Gasteiger partial charge in [0.15, 0.2) is 0 Å². The Kier molecular flexibility index (Phi) is 3.40. The summed E-state index contributed by atoms with van der Waals surface area (Å²) < 4.78 is 4.63. The largest absolute Gasteiger partial charge is 0.453 e. The topological polar surface area (TPSA) is 91.7 Å². The van der Waals surface area contributed by atoms with E-state index in [1.807, 2.05) is 0 Å². The maximum Gasteiger partial charge on any atom is 0.409 e. The summed E-state index contributed by atoms with van der Waals surface area (Å²) in [6.07, 6.45) is 1.23. The van der Waals surface area contributed by atoms with Gasteiger partial charge in [0.05, 0.1) is 7.11 Å². The first-order valence-corrected chi connectivity index (χ1v) is 5.68. The van der Waals surface area contributed by atoms with Gasteiger partial charge in [-0.3, -0.25) is 4.79 Å². The molecule has 1 aliphatic rings. The van der Waals surface area contributed by atoms with Crippen LogP contribution in [0.25, 0.3) is 0 Å². The molecule has 1 fully saturated rings. The van der Waals surface area contributed by atoms with Crippen LogP contribution in [0, 0.1) is 0 Å². The van der Waals surface area contributed by atoms with Crippen molar-refractivity contribution in [2.75, 3.05) is 39.0 Å². The fourth-order valence-electron chi connectivity index (χ4n) is 1.93. The van der Waals surface area contributed by atoms with Crippen LogP contribution in [0.5, 0.6) is 0 Å². The van der Waals surface area contributed by atoms with Crippen LogP contribution in [-0.4, -0.2) is 60.1 Å². The van der Waals surface area contributed by atoms with E-state index in [1.54, 1.807) is 22.1 Å². The van der Waals surface area contributed by atoms with Crippen LogP contribution >= 0.6 is 0 Å². The molecule has 7 heteroatoms. The van der Waals surface area contributed by atoms with Crippen molar-refractivity contribution < 1.29 is 14.3 Å². The Balaban J connectivity index is 1.94. The second-order valence-electron chi connectivity index (χ2n) is 4.10. The lowest BCUT2D eigenvalue weighted by molar-refractivity contribution is 0.0595. The average Bonchev–Trinajstić information content (AvgIpc) is 2.84. The Morgan fingerprint density at radius 1 is 1.28 bits per heavy atom. The third kappa shape index (κ3) is 2.39. The number of carbonyl (C=O) groups is 2. The lowest BCUT2D eigenvalue weighted by Gasteiger charge is -2.33. The summed E-state index contributed by atoms with van der Waals surface area (Å²) >= 11 is 0. The lowest BCUT2D eigenvalue weighted by Crippen LogP contribution is -2.50. The van der Waals surface area contributed by atoms with Gasteiger partial charge in [-0.1, -0.05) is 0 Å². The van der Waals surface area contributed by atoms with E-state index in [0.717, 1.165) is 0 Å². The molecule has 0 spiro atoms. The van der Waals surface area contributed by atoms with Crippen molar-refractivity contribution in [3.8, 4) is 0 Å². The van der Waals surface area contributed by atoms with Gasteiger partial charge in [0, 0.05) is 38.1 Å². The number of nitrogens with two attached hydrogens (primary N) is 1. The highest BCUT2D eigenvalue weighted by molar-refractivity contribution is 5.93. The third-order valence-electron chi connectivity index (χ3n) is 2.94. The average molecular weight is 252 g/mol. The molecule has 0 bridgehead atoms. The monoisotopic (exact) mass is 252 g/mol. The summed E-state index contributed by atoms with van der Waals surface area (Å²) in [5.41, 5.74) is 6.56. The molecule has 0 radical (unpaired) electrons. The molecular formula is C11H16N4O3. The molecule has 98 valence electrons. The Hall–Kier alpha value is -2.18. The van der Waals surface area contributed by atoms with E-state index < -0.39 is 0 Å². The quantitative estimate of drug-likeness (QED) is 0.742. The van der Waals surface area contributed by atoms with E-state index in [0.29, 0.717) is 37.6 Å². The minimum absolute atomic E-state index is 0.101. The zero-order valence-electron chi connectivity index (χ0n) is 10.2. The number of anilines is 1. The van der Waals surface area contributed by atoms with Crippen molar-refractivity contribution in [2.45, 2.75) is 0 Å². The van der Waals surface area contributed by atoms with E-state index >= 15 is 0 Å². The van der Waals surface area contributed by atoms with Gasteiger partial charge in [0.2, 0.25) is 0 Å². The molecule has 3 N–H and O–H groups in total. The number of rotatable bonds is 1. The van der Waals surface area contributed by atoms with E-state index in [-0.39, 0.29) is 12.0 Å². The zero-order valence-corrected chi connectivity index (χ0v) is 10.2. The molecule has 0 saturated carbocycles. The minimum Gasteiger partial charge on any atom is -0.453 e. The number of hydrogen-bond acceptors (Lipinski definition) is 4. The molecule has 1 aromatic heterocycles. The first-order chi connectivity index (χ1) is 8.61. The van der Waals surface area contributed by atoms with Crippen molar-refractivity contribution in [1.29, 1.82) is 0 Å². The number of aromatic amines is 1. The zero-order chi connectivity index (χ0) is 13.1. The number of amides is 2. The Labute approximate surface area is 104 Å². The van der Waals surface area contributed by atoms with Gasteiger partial charge in [-0.05, 0) is 6.07 Å². The first-order valence-electron chi connectivity index (χ1n) is 5.68. The number of H-pyrrole nitrogens is 1. The van der Waals surface area contributed by atoms with Crippen molar-refractivity contribution in [1.82, 2.24) is 14.8 Å². The number of nitrogen functional groups attached to an aromatic ring is 1. The predicted octanol–water partition coefficient (Wildman–Crippen LogP) is 0.121. The number of hydrogen-bond donors (Lipinski definition) is 2. The maximum absolute atomic E-state index is 12.1. The van der Waals surface area contributed by atoms with Crippen LogP contribution in [0.15, 0.2) is 12.3 Å². The smallest absolute Gasteiger partial charge is 0.409 e. The van der Waals surface area contributed by atoms with Gasteiger partial charge < -0.3 is 25.3 Å². The molecule has 1 saturated heterocycles. The molecule has 0 aromatic carbocycles. The van der Waals surface area contributed by atoms with E-state index in [4.69, 9.17) is 5.73 Å². The molecular weight excluding hydrogens is 236 g/mol. The highest BCUT2D eigenvalue weighted by Gasteiger charge is 2.25. The summed E-state index contributed by atoms with van der Waals surface area (Å²) in [7, 11) is 1.35. The fourth-order valence-corrected chi connectivity index (χ4v) is 1.93. The molecule has 7 nitrogen and oxygen atoms in total. The standard InChI is InChI=1S/C11H16N4O3/c1-18-11(17)15-4-2-14(3-5-15)10(16)9-6-8(12)7-13-9/h6-7,13H,2-5,12H2,1H3. The van der Waals surface area contributed by atoms with E-state index in [1.165, 1.54) is 7.11 Å².